The molecule has 0 saturated heterocycles. The highest BCUT2D eigenvalue weighted by atomic mass is 16.2. The minimum absolute atomic E-state index is 0.0778. The maximum absolute atomic E-state index is 12.9. The number of benzene rings is 2. The standard InChI is InChI=1S/C24H27N5O2/c1-17(30)26-20-10-8-19(9-11-20)15-29-13-12-22-21(16-29)23(27-28(22)2)24(31)25-14-18-6-4-3-5-7-18/h3-11H,12-16H2,1-2H3,(H,25,31)(H,26,30). The first-order chi connectivity index (χ1) is 15.0. The molecule has 31 heavy (non-hydrogen) atoms. The zero-order valence-corrected chi connectivity index (χ0v) is 17.9. The molecule has 1 aliphatic heterocycles. The Morgan fingerprint density at radius 1 is 1.03 bits per heavy atom. The number of aryl methyl sites for hydroxylation is 1. The Balaban J connectivity index is 1.43. The monoisotopic (exact) mass is 417 g/mol. The number of amides is 2. The summed E-state index contributed by atoms with van der Waals surface area (Å²) in [5.41, 5.74) is 5.67. The molecule has 0 radical (unpaired) electrons. The Labute approximate surface area is 182 Å². The van der Waals surface area contributed by atoms with Crippen molar-refractivity contribution in [2.24, 2.45) is 7.05 Å². The van der Waals surface area contributed by atoms with Gasteiger partial charge in [0.2, 0.25) is 5.91 Å². The molecule has 0 unspecified atom stereocenters. The highest BCUT2D eigenvalue weighted by Crippen LogP contribution is 2.24. The molecule has 0 spiro atoms. The molecule has 4 rings (SSSR count). The Kier molecular flexibility index (Phi) is 6.13. The Hall–Kier alpha value is -3.45. The number of aromatic nitrogens is 2. The summed E-state index contributed by atoms with van der Waals surface area (Å²) in [6, 6.07) is 17.8. The molecule has 7 nitrogen and oxygen atoms in total. The Morgan fingerprint density at radius 3 is 2.48 bits per heavy atom. The zero-order valence-electron chi connectivity index (χ0n) is 17.9. The molecule has 2 aromatic carbocycles. The first kappa shape index (κ1) is 20.8. The normalized spacial score (nSPS) is 13.5. The molecule has 0 aliphatic carbocycles. The third-order valence-corrected chi connectivity index (χ3v) is 5.51. The number of hydrogen-bond acceptors (Lipinski definition) is 4. The molecule has 1 aromatic heterocycles. The van der Waals surface area contributed by atoms with Crippen molar-refractivity contribution >= 4 is 17.5 Å². The maximum atomic E-state index is 12.9. The molecule has 7 heteroatoms. The first-order valence-electron chi connectivity index (χ1n) is 10.5. The van der Waals surface area contributed by atoms with Gasteiger partial charge >= 0.3 is 0 Å². The van der Waals surface area contributed by atoms with Gasteiger partial charge in [-0.05, 0) is 23.3 Å². The largest absolute Gasteiger partial charge is 0.347 e. The Morgan fingerprint density at radius 2 is 1.77 bits per heavy atom. The van der Waals surface area contributed by atoms with Crippen LogP contribution < -0.4 is 10.6 Å². The fraction of sp³-hybridized carbons (Fsp3) is 0.292. The predicted molar refractivity (Wildman–Crippen MR) is 119 cm³/mol. The number of carbonyl (C=O) groups excluding carboxylic acids is 2. The summed E-state index contributed by atoms with van der Waals surface area (Å²) in [6.45, 7) is 4.35. The number of carbonyl (C=O) groups is 2. The molecular formula is C24H27N5O2. The molecule has 0 saturated carbocycles. The Bertz CT molecular complexity index is 1070. The third kappa shape index (κ3) is 5.00. The van der Waals surface area contributed by atoms with E-state index >= 15 is 0 Å². The number of anilines is 1. The minimum Gasteiger partial charge on any atom is -0.347 e. The van der Waals surface area contributed by atoms with Crippen LogP contribution in [-0.2, 0) is 37.9 Å². The van der Waals surface area contributed by atoms with E-state index in [0.717, 1.165) is 47.6 Å². The van der Waals surface area contributed by atoms with Crippen molar-refractivity contribution < 1.29 is 9.59 Å². The van der Waals surface area contributed by atoms with Crippen molar-refractivity contribution in [1.29, 1.82) is 0 Å². The van der Waals surface area contributed by atoms with Crippen molar-refractivity contribution in [3.05, 3.63) is 82.7 Å². The van der Waals surface area contributed by atoms with Gasteiger partial charge in [-0.3, -0.25) is 19.2 Å². The van der Waals surface area contributed by atoms with Gasteiger partial charge in [-0.15, -0.1) is 0 Å². The van der Waals surface area contributed by atoms with Gasteiger partial charge in [0.15, 0.2) is 5.69 Å². The molecular weight excluding hydrogens is 390 g/mol. The number of nitrogens with one attached hydrogen (secondary N) is 2. The van der Waals surface area contributed by atoms with Crippen LogP contribution in [0.4, 0.5) is 5.69 Å². The summed E-state index contributed by atoms with van der Waals surface area (Å²) in [5.74, 6) is -0.215. The number of nitrogens with zero attached hydrogens (tertiary/aromatic N) is 3. The van der Waals surface area contributed by atoms with Gasteiger partial charge in [0, 0.05) is 63.5 Å². The summed E-state index contributed by atoms with van der Waals surface area (Å²) in [7, 11) is 1.91. The van der Waals surface area contributed by atoms with Crippen LogP contribution >= 0.6 is 0 Å². The van der Waals surface area contributed by atoms with E-state index in [2.05, 4.69) is 20.6 Å². The summed E-state index contributed by atoms with van der Waals surface area (Å²) in [5, 5.41) is 10.3. The van der Waals surface area contributed by atoms with Crippen molar-refractivity contribution in [3.8, 4) is 0 Å². The second-order valence-corrected chi connectivity index (χ2v) is 7.90. The van der Waals surface area contributed by atoms with Crippen LogP contribution in [0.2, 0.25) is 0 Å². The number of fused-ring (bicyclic) bond motifs is 1. The van der Waals surface area contributed by atoms with Crippen LogP contribution in [0.3, 0.4) is 0 Å². The van der Waals surface area contributed by atoms with E-state index in [0.29, 0.717) is 18.8 Å². The molecule has 0 fully saturated rings. The molecule has 1 aliphatic rings. The van der Waals surface area contributed by atoms with Gasteiger partial charge in [0.1, 0.15) is 0 Å². The fourth-order valence-corrected chi connectivity index (χ4v) is 3.98. The third-order valence-electron chi connectivity index (χ3n) is 5.51. The second-order valence-electron chi connectivity index (χ2n) is 7.90. The van der Waals surface area contributed by atoms with E-state index in [1.54, 1.807) is 0 Å². The number of rotatable bonds is 6. The number of hydrogen-bond donors (Lipinski definition) is 2. The van der Waals surface area contributed by atoms with E-state index < -0.39 is 0 Å². The predicted octanol–water partition coefficient (Wildman–Crippen LogP) is 2.87. The van der Waals surface area contributed by atoms with Gasteiger partial charge in [-0.2, -0.15) is 5.10 Å². The zero-order chi connectivity index (χ0) is 21.8. The topological polar surface area (TPSA) is 79.3 Å². The second kappa shape index (κ2) is 9.14. The van der Waals surface area contributed by atoms with Gasteiger partial charge in [0.25, 0.3) is 5.91 Å². The van der Waals surface area contributed by atoms with Gasteiger partial charge in [-0.1, -0.05) is 42.5 Å². The molecule has 0 atom stereocenters. The lowest BCUT2D eigenvalue weighted by atomic mass is 10.0. The SMILES string of the molecule is CC(=O)Nc1ccc(CN2CCc3c(c(C(=O)NCc4ccccc4)nn3C)C2)cc1. The molecule has 2 heterocycles. The van der Waals surface area contributed by atoms with Crippen molar-refractivity contribution in [2.45, 2.75) is 33.0 Å². The highest BCUT2D eigenvalue weighted by molar-refractivity contribution is 5.94. The first-order valence-corrected chi connectivity index (χ1v) is 10.5. The summed E-state index contributed by atoms with van der Waals surface area (Å²) in [6.07, 6.45) is 0.856. The van der Waals surface area contributed by atoms with Crippen LogP contribution in [0.15, 0.2) is 54.6 Å². The molecule has 2 amide bonds. The van der Waals surface area contributed by atoms with E-state index in [9.17, 15) is 9.59 Å². The van der Waals surface area contributed by atoms with E-state index in [4.69, 9.17) is 0 Å². The average molecular weight is 418 g/mol. The van der Waals surface area contributed by atoms with Crippen molar-refractivity contribution in [2.75, 3.05) is 11.9 Å². The maximum Gasteiger partial charge on any atom is 0.272 e. The molecule has 0 bridgehead atoms. The van der Waals surface area contributed by atoms with Crippen LogP contribution in [0.1, 0.15) is 39.8 Å². The van der Waals surface area contributed by atoms with Crippen LogP contribution in [0.5, 0.6) is 0 Å². The fourth-order valence-electron chi connectivity index (χ4n) is 3.98. The van der Waals surface area contributed by atoms with Gasteiger partial charge in [-0.25, -0.2) is 0 Å². The van der Waals surface area contributed by atoms with E-state index in [-0.39, 0.29) is 11.8 Å². The summed E-state index contributed by atoms with van der Waals surface area (Å²) in [4.78, 5) is 26.4. The molecule has 3 aromatic rings. The van der Waals surface area contributed by atoms with Gasteiger partial charge < -0.3 is 10.6 Å². The smallest absolute Gasteiger partial charge is 0.272 e. The molecule has 160 valence electrons. The molecule has 2 N–H and O–H groups in total. The minimum atomic E-state index is -0.137. The lowest BCUT2D eigenvalue weighted by Gasteiger charge is -2.27. The van der Waals surface area contributed by atoms with E-state index in [1.807, 2.05) is 66.3 Å². The van der Waals surface area contributed by atoms with Crippen LogP contribution in [-0.4, -0.2) is 33.0 Å². The van der Waals surface area contributed by atoms with Crippen molar-refractivity contribution in [3.63, 3.8) is 0 Å². The summed E-state index contributed by atoms with van der Waals surface area (Å²) >= 11 is 0. The van der Waals surface area contributed by atoms with E-state index in [1.165, 1.54) is 6.92 Å². The van der Waals surface area contributed by atoms with Gasteiger partial charge in [0.05, 0.1) is 0 Å². The highest BCUT2D eigenvalue weighted by Gasteiger charge is 2.27. The average Bonchev–Trinajstić information content (AvgIpc) is 3.10. The van der Waals surface area contributed by atoms with Crippen LogP contribution in [0.25, 0.3) is 0 Å². The van der Waals surface area contributed by atoms with Crippen molar-refractivity contribution in [1.82, 2.24) is 20.0 Å². The quantitative estimate of drug-likeness (QED) is 0.646. The van der Waals surface area contributed by atoms with Crippen LogP contribution in [0, 0.1) is 0 Å². The lowest BCUT2D eigenvalue weighted by Crippen LogP contribution is -2.32. The lowest BCUT2D eigenvalue weighted by molar-refractivity contribution is -0.114. The summed E-state index contributed by atoms with van der Waals surface area (Å²) < 4.78 is 1.84.